The zero-order valence-corrected chi connectivity index (χ0v) is 12.5. The fourth-order valence-electron chi connectivity index (χ4n) is 2.61. The van der Waals surface area contributed by atoms with Gasteiger partial charge in [-0.25, -0.2) is 15.0 Å². The van der Waals surface area contributed by atoms with Crippen molar-refractivity contribution in [3.05, 3.63) is 52.8 Å². The van der Waals surface area contributed by atoms with Crippen LogP contribution < -0.4 is 0 Å². The predicted molar refractivity (Wildman–Crippen MR) is 82.5 cm³/mol. The minimum Gasteiger partial charge on any atom is -0.331 e. The lowest BCUT2D eigenvalue weighted by Gasteiger charge is -2.05. The van der Waals surface area contributed by atoms with E-state index in [-0.39, 0.29) is 0 Å². The monoisotopic (exact) mass is 298 g/mol. The molecule has 0 amide bonds. The number of fused-ring (bicyclic) bond motifs is 1. The van der Waals surface area contributed by atoms with Crippen LogP contribution in [0.25, 0.3) is 11.0 Å². The molecule has 1 aliphatic rings. The van der Waals surface area contributed by atoms with Crippen molar-refractivity contribution in [2.45, 2.75) is 25.2 Å². The topological polar surface area (TPSA) is 43.6 Å². The molecule has 0 N–H and O–H groups in total. The van der Waals surface area contributed by atoms with E-state index in [1.165, 1.54) is 12.8 Å². The number of halogens is 1. The molecule has 2 heterocycles. The molecule has 4 rings (SSSR count). The maximum absolute atomic E-state index is 6.13. The van der Waals surface area contributed by atoms with E-state index in [1.54, 1.807) is 0 Å². The number of nitrogens with zero attached hydrogens (tertiary/aromatic N) is 4. The van der Waals surface area contributed by atoms with E-state index >= 15 is 0 Å². The van der Waals surface area contributed by atoms with Crippen LogP contribution in [0.2, 0.25) is 5.15 Å². The average Bonchev–Trinajstić information content (AvgIpc) is 3.26. The Labute approximate surface area is 127 Å². The van der Waals surface area contributed by atoms with Crippen LogP contribution in [0.3, 0.4) is 0 Å². The van der Waals surface area contributed by atoms with Crippen LogP contribution in [0.4, 0.5) is 0 Å². The zero-order valence-electron chi connectivity index (χ0n) is 11.8. The fraction of sp³-hybridized carbons (Fsp3) is 0.312. The molecule has 3 aromatic rings. The molecule has 0 radical (unpaired) electrons. The summed E-state index contributed by atoms with van der Waals surface area (Å²) in [5, 5.41) is 0.528. The number of aryl methyl sites for hydroxylation is 1. The highest BCUT2D eigenvalue weighted by Crippen LogP contribution is 2.38. The third kappa shape index (κ3) is 2.40. The van der Waals surface area contributed by atoms with Crippen LogP contribution >= 0.6 is 11.6 Å². The van der Waals surface area contributed by atoms with Gasteiger partial charge in [0.05, 0.1) is 16.7 Å². The maximum Gasteiger partial charge on any atom is 0.133 e. The van der Waals surface area contributed by atoms with Crippen molar-refractivity contribution >= 4 is 22.6 Å². The SMILES string of the molecule is Cn1c(Cc2cc(Cl)nc(C3CC3)n2)nc2ccccc21. The summed E-state index contributed by atoms with van der Waals surface area (Å²) in [6, 6.07) is 9.98. The van der Waals surface area contributed by atoms with Crippen LogP contribution in [0.5, 0.6) is 0 Å². The Morgan fingerprint density at radius 2 is 2.00 bits per heavy atom. The second-order valence-corrected chi connectivity index (χ2v) is 5.95. The van der Waals surface area contributed by atoms with Crippen molar-refractivity contribution in [2.24, 2.45) is 7.05 Å². The molecule has 5 heteroatoms. The Bertz CT molecular complexity index is 820. The number of rotatable bonds is 3. The molecule has 4 nitrogen and oxygen atoms in total. The van der Waals surface area contributed by atoms with Gasteiger partial charge in [0, 0.05) is 19.4 Å². The van der Waals surface area contributed by atoms with Gasteiger partial charge in [0.25, 0.3) is 0 Å². The highest BCUT2D eigenvalue weighted by molar-refractivity contribution is 6.29. The van der Waals surface area contributed by atoms with Crippen LogP contribution in [0.15, 0.2) is 30.3 Å². The summed E-state index contributed by atoms with van der Waals surface area (Å²) in [5.41, 5.74) is 3.09. The first kappa shape index (κ1) is 12.8. The third-order valence-corrected chi connectivity index (χ3v) is 4.12. The molecule has 0 aliphatic heterocycles. The molecule has 2 aromatic heterocycles. The molecule has 1 aromatic carbocycles. The highest BCUT2D eigenvalue weighted by atomic mass is 35.5. The van der Waals surface area contributed by atoms with Gasteiger partial charge in [0.15, 0.2) is 0 Å². The summed E-state index contributed by atoms with van der Waals surface area (Å²) in [5.74, 6) is 2.38. The summed E-state index contributed by atoms with van der Waals surface area (Å²) in [4.78, 5) is 13.7. The first-order valence-electron chi connectivity index (χ1n) is 7.14. The van der Waals surface area contributed by atoms with Crippen molar-refractivity contribution in [1.82, 2.24) is 19.5 Å². The van der Waals surface area contributed by atoms with Crippen LogP contribution in [0.1, 0.15) is 36.1 Å². The van der Waals surface area contributed by atoms with Gasteiger partial charge in [-0.15, -0.1) is 0 Å². The molecule has 1 fully saturated rings. The van der Waals surface area contributed by atoms with Gasteiger partial charge in [-0.1, -0.05) is 23.7 Å². The van der Waals surface area contributed by atoms with Crippen molar-refractivity contribution in [3.63, 3.8) is 0 Å². The van der Waals surface area contributed by atoms with E-state index in [2.05, 4.69) is 25.6 Å². The van der Waals surface area contributed by atoms with Gasteiger partial charge < -0.3 is 4.57 Å². The summed E-state index contributed by atoms with van der Waals surface area (Å²) >= 11 is 6.13. The number of imidazole rings is 1. The summed E-state index contributed by atoms with van der Waals surface area (Å²) in [6.45, 7) is 0. The van der Waals surface area contributed by atoms with Crippen LogP contribution in [-0.2, 0) is 13.5 Å². The molecule has 0 saturated heterocycles. The molecular weight excluding hydrogens is 284 g/mol. The van der Waals surface area contributed by atoms with E-state index in [4.69, 9.17) is 11.6 Å². The molecule has 1 aliphatic carbocycles. The first-order chi connectivity index (χ1) is 10.2. The van der Waals surface area contributed by atoms with E-state index in [1.807, 2.05) is 31.3 Å². The van der Waals surface area contributed by atoms with Crippen LogP contribution in [0, 0.1) is 0 Å². The van der Waals surface area contributed by atoms with Crippen LogP contribution in [-0.4, -0.2) is 19.5 Å². The normalized spacial score (nSPS) is 14.8. The Morgan fingerprint density at radius 3 is 2.76 bits per heavy atom. The number of hydrogen-bond acceptors (Lipinski definition) is 3. The first-order valence-corrected chi connectivity index (χ1v) is 7.52. The van der Waals surface area contributed by atoms with E-state index < -0.39 is 0 Å². The second kappa shape index (κ2) is 4.81. The fourth-order valence-corrected chi connectivity index (χ4v) is 2.83. The number of benzene rings is 1. The molecular formula is C16H15ClN4. The lowest BCUT2D eigenvalue weighted by atomic mass is 10.2. The van der Waals surface area contributed by atoms with Crippen molar-refractivity contribution in [3.8, 4) is 0 Å². The van der Waals surface area contributed by atoms with Crippen molar-refractivity contribution < 1.29 is 0 Å². The van der Waals surface area contributed by atoms with Crippen molar-refractivity contribution in [1.29, 1.82) is 0 Å². The Hall–Kier alpha value is -1.94. The Morgan fingerprint density at radius 1 is 1.19 bits per heavy atom. The molecule has 0 atom stereocenters. The third-order valence-electron chi connectivity index (χ3n) is 3.93. The minimum absolute atomic E-state index is 0.503. The largest absolute Gasteiger partial charge is 0.331 e. The molecule has 0 spiro atoms. The second-order valence-electron chi connectivity index (χ2n) is 5.57. The lowest BCUT2D eigenvalue weighted by Crippen LogP contribution is -2.04. The number of hydrogen-bond donors (Lipinski definition) is 0. The van der Waals surface area contributed by atoms with Crippen molar-refractivity contribution in [2.75, 3.05) is 0 Å². The van der Waals surface area contributed by atoms with Gasteiger partial charge in [-0.2, -0.15) is 0 Å². The smallest absolute Gasteiger partial charge is 0.133 e. The maximum atomic E-state index is 6.13. The van der Waals surface area contributed by atoms with E-state index in [0.717, 1.165) is 28.4 Å². The standard InChI is InChI=1S/C16H15ClN4/c1-21-13-5-3-2-4-12(13)19-15(21)9-11-8-14(17)20-16(18-11)10-6-7-10/h2-5,8,10H,6-7,9H2,1H3. The number of para-hydroxylation sites is 2. The molecule has 1 saturated carbocycles. The Balaban J connectivity index is 1.72. The minimum atomic E-state index is 0.503. The number of aromatic nitrogens is 4. The average molecular weight is 299 g/mol. The van der Waals surface area contributed by atoms with Gasteiger partial charge >= 0.3 is 0 Å². The summed E-state index contributed by atoms with van der Waals surface area (Å²) in [7, 11) is 2.04. The lowest BCUT2D eigenvalue weighted by molar-refractivity contribution is 0.813. The zero-order chi connectivity index (χ0) is 14.4. The predicted octanol–water partition coefficient (Wildman–Crippen LogP) is 3.48. The Kier molecular flexibility index (Phi) is 2.93. The summed E-state index contributed by atoms with van der Waals surface area (Å²) < 4.78 is 2.11. The highest BCUT2D eigenvalue weighted by Gasteiger charge is 2.27. The molecule has 21 heavy (non-hydrogen) atoms. The van der Waals surface area contributed by atoms with Gasteiger partial charge in [-0.3, -0.25) is 0 Å². The molecule has 0 bridgehead atoms. The molecule has 0 unspecified atom stereocenters. The van der Waals surface area contributed by atoms with Gasteiger partial charge in [0.2, 0.25) is 0 Å². The van der Waals surface area contributed by atoms with E-state index in [0.29, 0.717) is 17.5 Å². The quantitative estimate of drug-likeness (QED) is 0.695. The molecule has 106 valence electrons. The van der Waals surface area contributed by atoms with E-state index in [9.17, 15) is 0 Å². The van der Waals surface area contributed by atoms with Gasteiger partial charge in [0.1, 0.15) is 16.8 Å². The summed E-state index contributed by atoms with van der Waals surface area (Å²) in [6.07, 6.45) is 3.02. The van der Waals surface area contributed by atoms with Gasteiger partial charge in [-0.05, 0) is 31.0 Å².